The molecule has 0 unspecified atom stereocenters. The molecule has 0 bridgehead atoms. The predicted octanol–water partition coefficient (Wildman–Crippen LogP) is 13.4. The molecule has 0 N–H and O–H groups in total. The van der Waals surface area contributed by atoms with Gasteiger partial charge in [0.1, 0.15) is 0 Å². The first-order valence-corrected chi connectivity index (χ1v) is 18.5. The van der Waals surface area contributed by atoms with Crippen molar-refractivity contribution in [2.75, 3.05) is 19.6 Å². The van der Waals surface area contributed by atoms with Crippen molar-refractivity contribution in [3.63, 3.8) is 0 Å². The van der Waals surface area contributed by atoms with Crippen LogP contribution in [0.15, 0.2) is 114 Å². The van der Waals surface area contributed by atoms with E-state index < -0.39 is 5.41 Å². The molecular weight excluding hydrogens is 591 g/mol. The summed E-state index contributed by atoms with van der Waals surface area (Å²) in [6, 6.07) is 17.1. The summed E-state index contributed by atoms with van der Waals surface area (Å²) < 4.78 is 0. The van der Waals surface area contributed by atoms with Crippen molar-refractivity contribution in [3.05, 3.63) is 137 Å². The summed E-state index contributed by atoms with van der Waals surface area (Å²) in [5.41, 5.74) is 8.91. The zero-order chi connectivity index (χ0) is 37.8. The van der Waals surface area contributed by atoms with Crippen LogP contribution in [0.4, 0.5) is 0 Å². The van der Waals surface area contributed by atoms with E-state index in [-0.39, 0.29) is 0 Å². The molecule has 0 fully saturated rings. The maximum atomic E-state index is 6.12. The first-order valence-electron chi connectivity index (χ1n) is 18.5. The highest BCUT2D eigenvalue weighted by molar-refractivity contribution is 5.88. The van der Waals surface area contributed by atoms with Crippen molar-refractivity contribution in [1.82, 2.24) is 4.90 Å². The van der Waals surface area contributed by atoms with Gasteiger partial charge in [0, 0.05) is 5.57 Å². The maximum absolute atomic E-state index is 6.12. The lowest BCUT2D eigenvalue weighted by Gasteiger charge is -2.28. The second-order valence-corrected chi connectivity index (χ2v) is 11.8. The molecule has 2 rings (SSSR count). The minimum Gasteiger partial charge on any atom is -0.303 e. The van der Waals surface area contributed by atoms with Crippen LogP contribution in [-0.4, -0.2) is 24.5 Å². The van der Waals surface area contributed by atoms with Gasteiger partial charge in [0.05, 0.1) is 5.41 Å². The molecule has 49 heavy (non-hydrogen) atoms. The Kier molecular flexibility index (Phi) is 26.8. The minimum absolute atomic E-state index is 0.563. The minimum atomic E-state index is -0.563. The third-order valence-corrected chi connectivity index (χ3v) is 7.67. The number of hydrogen-bond acceptors (Lipinski definition) is 1. The van der Waals surface area contributed by atoms with Crippen molar-refractivity contribution in [1.29, 1.82) is 0 Å². The van der Waals surface area contributed by atoms with Crippen LogP contribution in [0.5, 0.6) is 0 Å². The van der Waals surface area contributed by atoms with Crippen LogP contribution in [-0.2, 0) is 6.42 Å². The fourth-order valence-electron chi connectivity index (χ4n) is 5.34. The molecule has 0 spiro atoms. The van der Waals surface area contributed by atoms with Crippen LogP contribution < -0.4 is 0 Å². The highest BCUT2D eigenvalue weighted by Gasteiger charge is 2.28. The Morgan fingerprint density at radius 1 is 0.857 bits per heavy atom. The molecule has 0 radical (unpaired) electrons. The van der Waals surface area contributed by atoms with Crippen LogP contribution in [0.25, 0.3) is 5.57 Å². The fraction of sp³-hybridized carbons (Fsp3) is 0.417. The molecule has 2 aromatic rings. The van der Waals surface area contributed by atoms with Gasteiger partial charge in [-0.25, -0.2) is 0 Å². The van der Waals surface area contributed by atoms with Crippen molar-refractivity contribution in [2.45, 2.75) is 109 Å². The van der Waals surface area contributed by atoms with E-state index in [1.165, 1.54) is 55.6 Å². The Bertz CT molecular complexity index is 1430. The van der Waals surface area contributed by atoms with E-state index in [0.717, 1.165) is 39.8 Å². The zero-order valence-corrected chi connectivity index (χ0v) is 33.5. The summed E-state index contributed by atoms with van der Waals surface area (Å²) >= 11 is 0. The van der Waals surface area contributed by atoms with Crippen molar-refractivity contribution >= 4 is 5.57 Å². The molecule has 0 saturated carbocycles. The van der Waals surface area contributed by atoms with Gasteiger partial charge >= 0.3 is 0 Å². The van der Waals surface area contributed by atoms with Gasteiger partial charge in [-0.2, -0.15) is 0 Å². The highest BCUT2D eigenvalue weighted by Crippen LogP contribution is 2.42. The second kappa shape index (κ2) is 27.9. The lowest BCUT2D eigenvalue weighted by atomic mass is 9.74. The van der Waals surface area contributed by atoms with Gasteiger partial charge in [0.2, 0.25) is 0 Å². The Balaban J connectivity index is 0. The standard InChI is InChI=1S/C35H36.C9H21N.2C2H6/c1-10-28(11-2)25-29(12-3)22-21-27(7)34(35(8,9)14-5)33(31-18-16-15-17-19-31)32-24-26(6)20-23-30(32)13-4;1-4-7-10(8-5-2)9-6-3;2*1-2/h1,5,11-12,15-25H,3,7,13H2,2,4,6,8-9H3;4-9H2,1-3H3;2*1-2H3/b22-21+,28-11-,29-25+,34-33-;;;. The van der Waals surface area contributed by atoms with Gasteiger partial charge < -0.3 is 4.90 Å². The van der Waals surface area contributed by atoms with Gasteiger partial charge in [-0.15, -0.1) is 12.8 Å². The lowest BCUT2D eigenvalue weighted by Crippen LogP contribution is -2.25. The number of terminal acetylenes is 2. The zero-order valence-electron chi connectivity index (χ0n) is 33.5. The lowest BCUT2D eigenvalue weighted by molar-refractivity contribution is 0.275. The van der Waals surface area contributed by atoms with E-state index in [9.17, 15) is 0 Å². The van der Waals surface area contributed by atoms with Crippen LogP contribution in [0.1, 0.15) is 118 Å². The molecule has 0 saturated heterocycles. The fourth-order valence-corrected chi connectivity index (χ4v) is 5.34. The molecule has 0 aliphatic carbocycles. The topological polar surface area (TPSA) is 3.24 Å². The van der Waals surface area contributed by atoms with Gasteiger partial charge in [-0.1, -0.05) is 159 Å². The third kappa shape index (κ3) is 16.8. The van der Waals surface area contributed by atoms with Crippen molar-refractivity contribution in [3.8, 4) is 24.7 Å². The Hall–Kier alpha value is -4.04. The smallest absolute Gasteiger partial charge is 0.0516 e. The average Bonchev–Trinajstić information content (AvgIpc) is 3.13. The average molecular weight is 660 g/mol. The van der Waals surface area contributed by atoms with E-state index in [1.54, 1.807) is 6.08 Å². The van der Waals surface area contributed by atoms with E-state index >= 15 is 0 Å². The van der Waals surface area contributed by atoms with Crippen LogP contribution in [0.2, 0.25) is 0 Å². The highest BCUT2D eigenvalue weighted by atomic mass is 15.1. The quantitative estimate of drug-likeness (QED) is 0.136. The van der Waals surface area contributed by atoms with E-state index in [2.05, 4.69) is 121 Å². The first-order chi connectivity index (χ1) is 23.6. The molecule has 0 aliphatic rings. The van der Waals surface area contributed by atoms with Gasteiger partial charge in [0.15, 0.2) is 0 Å². The molecule has 0 aliphatic heterocycles. The molecule has 0 aromatic heterocycles. The molecule has 2 aromatic carbocycles. The monoisotopic (exact) mass is 660 g/mol. The summed E-state index contributed by atoms with van der Waals surface area (Å²) in [6.07, 6.45) is 26.1. The molecule has 266 valence electrons. The SMILES string of the molecule is C#CC(=C/C)/C=C(C=C)/C=C/C(=C)/C(=C(\c1ccccc1)c1cc(C)ccc1CC)C(C)(C)C#C.CC.CC.CCCN(CCC)CCC. The van der Waals surface area contributed by atoms with E-state index in [0.29, 0.717) is 0 Å². The number of benzene rings is 2. The second-order valence-electron chi connectivity index (χ2n) is 11.8. The first kappa shape index (κ1) is 47.1. The number of allylic oxidation sites excluding steroid dienone is 9. The molecule has 1 nitrogen and oxygen atoms in total. The molecule has 1 heteroatoms. The molecule has 0 atom stereocenters. The number of rotatable bonds is 15. The van der Waals surface area contributed by atoms with E-state index in [1.807, 2.05) is 65.0 Å². The normalized spacial score (nSPS) is 11.8. The third-order valence-electron chi connectivity index (χ3n) is 7.67. The molecule has 0 amide bonds. The summed E-state index contributed by atoms with van der Waals surface area (Å²) in [7, 11) is 0. The van der Waals surface area contributed by atoms with Crippen LogP contribution in [0, 0.1) is 37.0 Å². The molecular formula is C48H69N. The van der Waals surface area contributed by atoms with Gasteiger partial charge in [0.25, 0.3) is 0 Å². The predicted molar refractivity (Wildman–Crippen MR) is 225 cm³/mol. The van der Waals surface area contributed by atoms with Gasteiger partial charge in [-0.3, -0.25) is 0 Å². The van der Waals surface area contributed by atoms with Gasteiger partial charge in [-0.05, 0) is 118 Å². The number of nitrogens with zero attached hydrogens (tertiary/aromatic N) is 1. The largest absolute Gasteiger partial charge is 0.303 e. The summed E-state index contributed by atoms with van der Waals surface area (Å²) in [4.78, 5) is 2.54. The maximum Gasteiger partial charge on any atom is 0.0516 e. The Morgan fingerprint density at radius 3 is 1.84 bits per heavy atom. The van der Waals surface area contributed by atoms with Crippen LogP contribution in [0.3, 0.4) is 0 Å². The Morgan fingerprint density at radius 2 is 1.41 bits per heavy atom. The summed E-state index contributed by atoms with van der Waals surface area (Å²) in [5.74, 6) is 5.71. The summed E-state index contributed by atoms with van der Waals surface area (Å²) in [6.45, 7) is 37.4. The van der Waals surface area contributed by atoms with Crippen molar-refractivity contribution < 1.29 is 0 Å². The number of aryl methyl sites for hydroxylation is 2. The Labute approximate surface area is 304 Å². The molecule has 0 heterocycles. The number of hydrogen-bond donors (Lipinski definition) is 0. The summed E-state index contributed by atoms with van der Waals surface area (Å²) in [5, 5.41) is 0. The van der Waals surface area contributed by atoms with E-state index in [4.69, 9.17) is 12.8 Å². The van der Waals surface area contributed by atoms with Crippen LogP contribution >= 0.6 is 0 Å². The van der Waals surface area contributed by atoms with Crippen molar-refractivity contribution in [2.24, 2.45) is 5.41 Å².